The number of halogens is 1. The Bertz CT molecular complexity index is 398. The maximum Gasteiger partial charge on any atom is 0.0682 e. The highest BCUT2D eigenvalue weighted by Crippen LogP contribution is 2.13. The van der Waals surface area contributed by atoms with Crippen LogP contribution in [0, 0.1) is 0 Å². The van der Waals surface area contributed by atoms with E-state index in [2.05, 4.69) is 4.90 Å². The second-order valence-corrected chi connectivity index (χ2v) is 5.81. The third kappa shape index (κ3) is 4.72. The van der Waals surface area contributed by atoms with E-state index in [9.17, 15) is 10.2 Å². The van der Waals surface area contributed by atoms with Gasteiger partial charge in [-0.05, 0) is 47.9 Å². The molecule has 1 fully saturated rings. The highest BCUT2D eigenvalue weighted by Gasteiger charge is 2.14. The molecule has 1 aliphatic heterocycles. The van der Waals surface area contributed by atoms with E-state index in [1.807, 2.05) is 22.6 Å². The predicted molar refractivity (Wildman–Crippen MR) is 80.5 cm³/mol. The SMILES string of the molecule is OCc1cc(CO)cc(CCCN2CCN(Cl)CC2)c1. The number of rotatable bonds is 6. The summed E-state index contributed by atoms with van der Waals surface area (Å²) in [6, 6.07) is 5.90. The molecule has 0 amide bonds. The second-order valence-electron chi connectivity index (χ2n) is 5.33. The molecule has 1 saturated heterocycles. The molecule has 2 rings (SSSR count). The predicted octanol–water partition coefficient (Wildman–Crippen LogP) is 1.38. The molecule has 0 unspecified atom stereocenters. The van der Waals surface area contributed by atoms with Gasteiger partial charge in [0.15, 0.2) is 0 Å². The van der Waals surface area contributed by atoms with E-state index in [1.165, 1.54) is 5.56 Å². The van der Waals surface area contributed by atoms with Crippen LogP contribution in [0.15, 0.2) is 18.2 Å². The van der Waals surface area contributed by atoms with Gasteiger partial charge < -0.3 is 15.1 Å². The van der Waals surface area contributed by atoms with Crippen molar-refractivity contribution in [2.45, 2.75) is 26.1 Å². The molecule has 0 aromatic heterocycles. The van der Waals surface area contributed by atoms with Gasteiger partial charge >= 0.3 is 0 Å². The molecule has 2 N–H and O–H groups in total. The topological polar surface area (TPSA) is 46.9 Å². The van der Waals surface area contributed by atoms with E-state index < -0.39 is 0 Å². The molecule has 0 saturated carbocycles. The lowest BCUT2D eigenvalue weighted by atomic mass is 10.0. The maximum atomic E-state index is 9.23. The van der Waals surface area contributed by atoms with Crippen molar-refractivity contribution >= 4 is 11.8 Å². The lowest BCUT2D eigenvalue weighted by Gasteiger charge is -2.30. The molecule has 0 aliphatic carbocycles. The third-order valence-corrected chi connectivity index (χ3v) is 4.07. The van der Waals surface area contributed by atoms with Gasteiger partial charge in [0, 0.05) is 26.2 Å². The van der Waals surface area contributed by atoms with Gasteiger partial charge in [-0.1, -0.05) is 18.2 Å². The largest absolute Gasteiger partial charge is 0.392 e. The average molecular weight is 299 g/mol. The van der Waals surface area contributed by atoms with Crippen LogP contribution < -0.4 is 0 Å². The minimum atomic E-state index is 0.0263. The Hall–Kier alpha value is -0.650. The van der Waals surface area contributed by atoms with Crippen LogP contribution in [0.4, 0.5) is 0 Å². The monoisotopic (exact) mass is 298 g/mol. The van der Waals surface area contributed by atoms with Crippen molar-refractivity contribution in [1.29, 1.82) is 0 Å². The molecule has 0 radical (unpaired) electrons. The fraction of sp³-hybridized carbons (Fsp3) is 0.600. The summed E-state index contributed by atoms with van der Waals surface area (Å²) in [6.45, 7) is 5.04. The zero-order valence-corrected chi connectivity index (χ0v) is 12.5. The quantitative estimate of drug-likeness (QED) is 0.779. The van der Waals surface area contributed by atoms with Gasteiger partial charge in [0.05, 0.1) is 13.2 Å². The Morgan fingerprint density at radius 1 is 0.900 bits per heavy atom. The van der Waals surface area contributed by atoms with E-state index in [1.54, 1.807) is 0 Å². The number of nitrogens with zero attached hydrogens (tertiary/aromatic N) is 2. The number of piperazine rings is 1. The van der Waals surface area contributed by atoms with E-state index in [0.717, 1.165) is 56.7 Å². The highest BCUT2D eigenvalue weighted by molar-refractivity contribution is 6.13. The Labute approximate surface area is 125 Å². The molecule has 5 heteroatoms. The van der Waals surface area contributed by atoms with E-state index in [0.29, 0.717) is 0 Å². The minimum absolute atomic E-state index is 0.0263. The minimum Gasteiger partial charge on any atom is -0.392 e. The number of aliphatic hydroxyl groups is 2. The summed E-state index contributed by atoms with van der Waals surface area (Å²) in [5.41, 5.74) is 2.95. The first kappa shape index (κ1) is 15.7. The maximum absolute atomic E-state index is 9.23. The van der Waals surface area contributed by atoms with Crippen LogP contribution in [0.5, 0.6) is 0 Å². The normalized spacial score (nSPS) is 17.6. The van der Waals surface area contributed by atoms with Crippen LogP contribution in [0.25, 0.3) is 0 Å². The van der Waals surface area contributed by atoms with Gasteiger partial charge in [0.25, 0.3) is 0 Å². The summed E-state index contributed by atoms with van der Waals surface area (Å²) < 4.78 is 1.84. The summed E-state index contributed by atoms with van der Waals surface area (Å²) in [7, 11) is 0. The Morgan fingerprint density at radius 3 is 2.00 bits per heavy atom. The first-order valence-electron chi connectivity index (χ1n) is 7.18. The van der Waals surface area contributed by atoms with Gasteiger partial charge in [-0.25, -0.2) is 4.42 Å². The van der Waals surface area contributed by atoms with Gasteiger partial charge in [-0.15, -0.1) is 0 Å². The summed E-state index contributed by atoms with van der Waals surface area (Å²) in [5.74, 6) is 0. The lowest BCUT2D eigenvalue weighted by molar-refractivity contribution is 0.190. The van der Waals surface area contributed by atoms with Crippen molar-refractivity contribution in [2.24, 2.45) is 0 Å². The second kappa shape index (κ2) is 7.96. The first-order valence-corrected chi connectivity index (χ1v) is 7.51. The van der Waals surface area contributed by atoms with Crippen molar-refractivity contribution in [1.82, 2.24) is 9.32 Å². The van der Waals surface area contributed by atoms with Crippen LogP contribution in [-0.4, -0.2) is 52.3 Å². The summed E-state index contributed by atoms with van der Waals surface area (Å²) in [4.78, 5) is 2.43. The van der Waals surface area contributed by atoms with Crippen molar-refractivity contribution in [3.05, 3.63) is 34.9 Å². The summed E-state index contributed by atoms with van der Waals surface area (Å²) in [6.07, 6.45) is 2.06. The molecular formula is C15H23ClN2O2. The molecule has 0 atom stereocenters. The molecule has 20 heavy (non-hydrogen) atoms. The Kier molecular flexibility index (Phi) is 6.26. The molecule has 1 aromatic rings. The summed E-state index contributed by atoms with van der Waals surface area (Å²) >= 11 is 5.94. The smallest absolute Gasteiger partial charge is 0.0682 e. The van der Waals surface area contributed by atoms with Crippen molar-refractivity contribution in [2.75, 3.05) is 32.7 Å². The van der Waals surface area contributed by atoms with Crippen LogP contribution in [0.3, 0.4) is 0 Å². The van der Waals surface area contributed by atoms with Crippen molar-refractivity contribution in [3.63, 3.8) is 0 Å². The molecule has 1 aliphatic rings. The van der Waals surface area contributed by atoms with Crippen LogP contribution >= 0.6 is 11.8 Å². The zero-order valence-electron chi connectivity index (χ0n) is 11.8. The molecular weight excluding hydrogens is 276 g/mol. The number of benzene rings is 1. The molecule has 0 spiro atoms. The van der Waals surface area contributed by atoms with E-state index in [-0.39, 0.29) is 13.2 Å². The molecule has 0 bridgehead atoms. The molecule has 1 heterocycles. The number of hydrogen-bond acceptors (Lipinski definition) is 4. The number of aryl methyl sites for hydroxylation is 1. The zero-order chi connectivity index (χ0) is 14.4. The standard InChI is InChI=1S/C15H23ClN2O2/c16-18-6-4-17(5-7-18)3-1-2-13-8-14(11-19)10-15(9-13)12-20/h8-10,19-20H,1-7,11-12H2. The van der Waals surface area contributed by atoms with Gasteiger partial charge in [0.1, 0.15) is 0 Å². The third-order valence-electron chi connectivity index (χ3n) is 3.74. The fourth-order valence-electron chi connectivity index (χ4n) is 2.62. The molecule has 112 valence electrons. The van der Waals surface area contributed by atoms with Crippen LogP contribution in [-0.2, 0) is 19.6 Å². The number of aliphatic hydroxyl groups excluding tert-OH is 2. The van der Waals surface area contributed by atoms with Crippen molar-refractivity contribution < 1.29 is 10.2 Å². The van der Waals surface area contributed by atoms with Gasteiger partial charge in [-0.2, -0.15) is 0 Å². The Balaban J connectivity index is 1.81. The lowest BCUT2D eigenvalue weighted by Crippen LogP contribution is -2.42. The number of hydrogen-bond donors (Lipinski definition) is 2. The van der Waals surface area contributed by atoms with Crippen LogP contribution in [0.1, 0.15) is 23.1 Å². The summed E-state index contributed by atoms with van der Waals surface area (Å²) in [5, 5.41) is 18.5. The Morgan fingerprint density at radius 2 is 1.45 bits per heavy atom. The van der Waals surface area contributed by atoms with E-state index in [4.69, 9.17) is 11.8 Å². The fourth-order valence-corrected chi connectivity index (χ4v) is 2.77. The van der Waals surface area contributed by atoms with Gasteiger partial charge in [-0.3, -0.25) is 0 Å². The molecule has 4 nitrogen and oxygen atoms in total. The average Bonchev–Trinajstić information content (AvgIpc) is 2.49. The van der Waals surface area contributed by atoms with E-state index >= 15 is 0 Å². The van der Waals surface area contributed by atoms with Gasteiger partial charge in [0.2, 0.25) is 0 Å². The molecule has 1 aromatic carbocycles. The first-order chi connectivity index (χ1) is 9.71. The van der Waals surface area contributed by atoms with Crippen LogP contribution in [0.2, 0.25) is 0 Å². The van der Waals surface area contributed by atoms with Crippen molar-refractivity contribution in [3.8, 4) is 0 Å². The highest BCUT2D eigenvalue weighted by atomic mass is 35.5.